The molecule has 0 aliphatic rings. The summed E-state index contributed by atoms with van der Waals surface area (Å²) in [6.07, 6.45) is 0. The fourth-order valence-corrected chi connectivity index (χ4v) is 2.69. The first-order chi connectivity index (χ1) is 13.4. The van der Waals surface area contributed by atoms with Crippen molar-refractivity contribution in [3.63, 3.8) is 0 Å². The van der Waals surface area contributed by atoms with E-state index in [4.69, 9.17) is 11.8 Å². The minimum atomic E-state index is -1.10. The number of aromatic nitrogens is 3. The quantitative estimate of drug-likeness (QED) is 0.485. The Balaban J connectivity index is 0.00000300. The van der Waals surface area contributed by atoms with Gasteiger partial charge in [0.1, 0.15) is 5.69 Å². The van der Waals surface area contributed by atoms with Gasteiger partial charge in [-0.05, 0) is 43.3 Å². The summed E-state index contributed by atoms with van der Waals surface area (Å²) in [4.78, 5) is 27.5. The number of hydrogen-bond acceptors (Lipinski definition) is 5. The molecule has 0 amide bonds. The second-order valence-electron chi connectivity index (χ2n) is 6.45. The average Bonchev–Trinajstić information content (AvgIpc) is 2.73. The number of nitriles is 1. The first-order valence-electron chi connectivity index (χ1n) is 8.26. The summed E-state index contributed by atoms with van der Waals surface area (Å²) < 4.78 is 0. The Hall–Kier alpha value is -3.41. The molecule has 0 aliphatic carbocycles. The van der Waals surface area contributed by atoms with Crippen LogP contribution < -0.4 is 0 Å². The zero-order chi connectivity index (χ0) is 20.3. The number of hydrogen-bond donors (Lipinski definition) is 1. The van der Waals surface area contributed by atoms with Gasteiger partial charge in [-0.3, -0.25) is 4.98 Å². The Bertz CT molecular complexity index is 1160. The molecule has 8 heteroatoms. The molecule has 146 valence electrons. The molecule has 0 bridgehead atoms. The average molecular weight is 563 g/mol. The molecule has 0 aliphatic heterocycles. The maximum Gasteiger partial charge on any atom is 0.354 e. The van der Waals surface area contributed by atoms with Crippen molar-refractivity contribution >= 4 is 11.8 Å². The molecule has 3 aromatic heterocycles. The Morgan fingerprint density at radius 2 is 1.83 bits per heavy atom. The Labute approximate surface area is 182 Å². The Kier molecular flexibility index (Phi) is 6.59. The van der Waals surface area contributed by atoms with Gasteiger partial charge in [-0.15, -0.1) is 11.1 Å². The number of rotatable bonds is 4. The standard InChI is InChI=1S/C21H14N5O2.Pt/c1-21(2,18-9-5-7-16(26-18)20(27)28)17-8-4-6-15(25-17)14-11-10-13(12-22)24-19(14)23-3;/h4-10H,1-2H3,(H,27,28);/q-1;. The van der Waals surface area contributed by atoms with Crippen molar-refractivity contribution in [2.75, 3.05) is 0 Å². The van der Waals surface area contributed by atoms with E-state index in [1.165, 1.54) is 12.1 Å². The van der Waals surface area contributed by atoms with Crippen LogP contribution in [0.4, 0.5) is 5.82 Å². The van der Waals surface area contributed by atoms with Crippen LogP contribution in [0, 0.1) is 24.0 Å². The van der Waals surface area contributed by atoms with E-state index in [2.05, 4.69) is 25.9 Å². The van der Waals surface area contributed by atoms with Crippen LogP contribution in [0.2, 0.25) is 0 Å². The van der Waals surface area contributed by atoms with Crippen LogP contribution in [0.1, 0.15) is 41.4 Å². The first kappa shape index (κ1) is 21.9. The topological polar surface area (TPSA) is 104 Å². The molecule has 7 nitrogen and oxygen atoms in total. The Morgan fingerprint density at radius 1 is 1.17 bits per heavy atom. The fourth-order valence-electron chi connectivity index (χ4n) is 2.69. The van der Waals surface area contributed by atoms with Gasteiger partial charge in [0.05, 0.1) is 11.8 Å². The van der Waals surface area contributed by atoms with E-state index in [0.29, 0.717) is 22.6 Å². The number of carbonyl (C=O) groups is 1. The summed E-state index contributed by atoms with van der Waals surface area (Å²) in [5.41, 5.74) is 1.49. The zero-order valence-corrected chi connectivity index (χ0v) is 17.7. The van der Waals surface area contributed by atoms with Gasteiger partial charge < -0.3 is 9.95 Å². The normalized spacial score (nSPS) is 10.3. The number of nitrogens with zero attached hydrogens (tertiary/aromatic N) is 5. The van der Waals surface area contributed by atoms with Gasteiger partial charge in [-0.2, -0.15) is 5.26 Å². The Morgan fingerprint density at radius 3 is 2.45 bits per heavy atom. The molecular formula is C21H14N5O2Pt-. The first-order valence-corrected chi connectivity index (χ1v) is 8.26. The monoisotopic (exact) mass is 563 g/mol. The molecule has 0 saturated carbocycles. The SMILES string of the molecule is [C-]#[N+]c1nc(C#N)c[c-]c1-c1cccc(C(C)(C)c2cccc(C(=O)O)n2)n1.[Pt]. The molecular weight excluding hydrogens is 549 g/mol. The third-order valence-electron chi connectivity index (χ3n) is 4.28. The van der Waals surface area contributed by atoms with Gasteiger partial charge in [-0.25, -0.2) is 9.78 Å². The third-order valence-corrected chi connectivity index (χ3v) is 4.28. The van der Waals surface area contributed by atoms with Gasteiger partial charge in [-0.1, -0.05) is 30.8 Å². The van der Waals surface area contributed by atoms with Crippen LogP contribution >= 0.6 is 0 Å². The largest absolute Gasteiger partial charge is 0.477 e. The van der Waals surface area contributed by atoms with E-state index in [-0.39, 0.29) is 38.3 Å². The molecule has 0 fully saturated rings. The summed E-state index contributed by atoms with van der Waals surface area (Å²) in [6.45, 7) is 11.1. The maximum absolute atomic E-state index is 11.2. The smallest absolute Gasteiger partial charge is 0.354 e. The molecule has 0 unspecified atom stereocenters. The van der Waals surface area contributed by atoms with Crippen molar-refractivity contribution in [3.8, 4) is 17.3 Å². The third kappa shape index (κ3) is 4.37. The number of aromatic carboxylic acids is 1. The summed E-state index contributed by atoms with van der Waals surface area (Å²) in [5, 5.41) is 18.2. The maximum atomic E-state index is 11.2. The number of pyridine rings is 3. The molecule has 3 rings (SSSR count). The zero-order valence-electron chi connectivity index (χ0n) is 15.4. The van der Waals surface area contributed by atoms with Crippen molar-refractivity contribution in [2.45, 2.75) is 19.3 Å². The van der Waals surface area contributed by atoms with Crippen LogP contribution in [0.3, 0.4) is 0 Å². The van der Waals surface area contributed by atoms with Gasteiger partial charge in [0.15, 0.2) is 5.69 Å². The van der Waals surface area contributed by atoms with Crippen LogP contribution in [-0.4, -0.2) is 26.0 Å². The van der Waals surface area contributed by atoms with Crippen LogP contribution in [0.25, 0.3) is 16.1 Å². The predicted octanol–water partition coefficient (Wildman–Crippen LogP) is 3.78. The minimum absolute atomic E-state index is 0. The summed E-state index contributed by atoms with van der Waals surface area (Å²) >= 11 is 0. The van der Waals surface area contributed by atoms with Crippen molar-refractivity contribution in [3.05, 3.63) is 82.7 Å². The van der Waals surface area contributed by atoms with Crippen molar-refractivity contribution in [1.29, 1.82) is 5.26 Å². The molecule has 3 aromatic rings. The minimum Gasteiger partial charge on any atom is -0.477 e. The van der Waals surface area contributed by atoms with Gasteiger partial charge in [0.25, 0.3) is 0 Å². The summed E-state index contributed by atoms with van der Waals surface area (Å²) in [6, 6.07) is 16.4. The second kappa shape index (κ2) is 8.73. The fraction of sp³-hybridized carbons (Fsp3) is 0.143. The van der Waals surface area contributed by atoms with E-state index < -0.39 is 11.4 Å². The summed E-state index contributed by atoms with van der Waals surface area (Å²) in [5.74, 6) is -1.05. The number of carboxylic acids is 1. The van der Waals surface area contributed by atoms with E-state index >= 15 is 0 Å². The molecule has 0 aromatic carbocycles. The van der Waals surface area contributed by atoms with E-state index in [0.717, 1.165) is 0 Å². The van der Waals surface area contributed by atoms with Crippen LogP contribution in [-0.2, 0) is 26.5 Å². The molecule has 3 heterocycles. The predicted molar refractivity (Wildman–Crippen MR) is 101 cm³/mol. The molecule has 0 radical (unpaired) electrons. The number of carboxylic acid groups (broad SMARTS) is 1. The van der Waals surface area contributed by atoms with E-state index in [1.54, 1.807) is 24.3 Å². The van der Waals surface area contributed by atoms with Crippen LogP contribution in [0.5, 0.6) is 0 Å². The van der Waals surface area contributed by atoms with Crippen molar-refractivity contribution in [2.24, 2.45) is 0 Å². The molecule has 0 saturated heterocycles. The van der Waals surface area contributed by atoms with Gasteiger partial charge in [0, 0.05) is 32.2 Å². The second-order valence-corrected chi connectivity index (χ2v) is 6.45. The molecule has 29 heavy (non-hydrogen) atoms. The van der Waals surface area contributed by atoms with E-state index in [9.17, 15) is 9.90 Å². The molecule has 0 spiro atoms. The van der Waals surface area contributed by atoms with E-state index in [1.807, 2.05) is 26.0 Å². The van der Waals surface area contributed by atoms with Crippen molar-refractivity contribution < 1.29 is 31.0 Å². The van der Waals surface area contributed by atoms with Gasteiger partial charge >= 0.3 is 11.8 Å². The van der Waals surface area contributed by atoms with Crippen LogP contribution in [0.15, 0.2) is 42.5 Å². The molecule has 1 N–H and O–H groups in total. The van der Waals surface area contributed by atoms with Crippen molar-refractivity contribution in [1.82, 2.24) is 15.0 Å². The summed E-state index contributed by atoms with van der Waals surface area (Å²) in [7, 11) is 0. The van der Waals surface area contributed by atoms with Gasteiger partial charge in [0.2, 0.25) is 0 Å². The molecule has 0 atom stereocenters.